The standard InChI is InChI=1S/C10H10O4/c1-6(10(13)14-2)8-5-7(11)3-4-9(8)12/h3-5,11-12H,1H2,2H3. The maximum Gasteiger partial charge on any atom is 0.337 e. The highest BCUT2D eigenvalue weighted by atomic mass is 16.5. The zero-order valence-corrected chi connectivity index (χ0v) is 7.65. The Morgan fingerprint density at radius 2 is 2.07 bits per heavy atom. The van der Waals surface area contributed by atoms with E-state index in [0.29, 0.717) is 0 Å². The van der Waals surface area contributed by atoms with E-state index in [9.17, 15) is 9.90 Å². The first-order valence-electron chi connectivity index (χ1n) is 3.86. The Balaban J connectivity index is 3.12. The van der Waals surface area contributed by atoms with Crippen molar-refractivity contribution in [3.8, 4) is 11.5 Å². The summed E-state index contributed by atoms with van der Waals surface area (Å²) in [4.78, 5) is 11.1. The molecular formula is C10H10O4. The lowest BCUT2D eigenvalue weighted by Gasteiger charge is -2.06. The number of ether oxygens (including phenoxy) is 1. The normalized spacial score (nSPS) is 9.50. The summed E-state index contributed by atoms with van der Waals surface area (Å²) >= 11 is 0. The van der Waals surface area contributed by atoms with Crippen LogP contribution < -0.4 is 0 Å². The number of esters is 1. The molecule has 0 saturated heterocycles. The van der Waals surface area contributed by atoms with E-state index in [1.165, 1.54) is 25.3 Å². The average molecular weight is 194 g/mol. The molecule has 0 fully saturated rings. The van der Waals surface area contributed by atoms with E-state index >= 15 is 0 Å². The monoisotopic (exact) mass is 194 g/mol. The summed E-state index contributed by atoms with van der Waals surface area (Å²) < 4.78 is 4.43. The molecule has 0 aliphatic rings. The van der Waals surface area contributed by atoms with Gasteiger partial charge in [-0.1, -0.05) is 6.58 Å². The predicted molar refractivity (Wildman–Crippen MR) is 50.8 cm³/mol. The molecule has 0 radical (unpaired) electrons. The van der Waals surface area contributed by atoms with Gasteiger partial charge in [0.2, 0.25) is 0 Å². The first kappa shape index (κ1) is 10.1. The minimum absolute atomic E-state index is 0.000833. The topological polar surface area (TPSA) is 66.8 Å². The largest absolute Gasteiger partial charge is 0.508 e. The summed E-state index contributed by atoms with van der Waals surface area (Å²) in [6, 6.07) is 3.83. The Morgan fingerprint density at radius 3 is 2.64 bits per heavy atom. The molecule has 0 unspecified atom stereocenters. The second-order valence-corrected chi connectivity index (χ2v) is 2.67. The fourth-order valence-electron chi connectivity index (χ4n) is 0.999. The average Bonchev–Trinajstić information content (AvgIpc) is 2.19. The zero-order chi connectivity index (χ0) is 10.7. The SMILES string of the molecule is C=C(C(=O)OC)c1cc(O)ccc1O. The first-order chi connectivity index (χ1) is 6.56. The van der Waals surface area contributed by atoms with Crippen molar-refractivity contribution in [1.29, 1.82) is 0 Å². The molecule has 1 rings (SSSR count). The Bertz CT molecular complexity index is 382. The van der Waals surface area contributed by atoms with E-state index in [1.807, 2.05) is 0 Å². The second-order valence-electron chi connectivity index (χ2n) is 2.67. The van der Waals surface area contributed by atoms with Gasteiger partial charge in [0.05, 0.1) is 12.7 Å². The molecule has 1 aromatic carbocycles. The highest BCUT2D eigenvalue weighted by Crippen LogP contribution is 2.28. The van der Waals surface area contributed by atoms with Crippen LogP contribution in [0.4, 0.5) is 0 Å². The molecule has 4 nitrogen and oxygen atoms in total. The molecular weight excluding hydrogens is 184 g/mol. The van der Waals surface area contributed by atoms with E-state index in [2.05, 4.69) is 11.3 Å². The van der Waals surface area contributed by atoms with Crippen LogP contribution in [0, 0.1) is 0 Å². The van der Waals surface area contributed by atoms with Gasteiger partial charge in [-0.2, -0.15) is 0 Å². The highest BCUT2D eigenvalue weighted by molar-refractivity contribution is 6.16. The lowest BCUT2D eigenvalue weighted by atomic mass is 10.1. The van der Waals surface area contributed by atoms with Gasteiger partial charge < -0.3 is 14.9 Å². The predicted octanol–water partition coefficient (Wildman–Crippen LogP) is 1.28. The highest BCUT2D eigenvalue weighted by Gasteiger charge is 2.13. The van der Waals surface area contributed by atoms with Gasteiger partial charge in [-0.25, -0.2) is 4.79 Å². The fraction of sp³-hybridized carbons (Fsp3) is 0.100. The van der Waals surface area contributed by atoms with Gasteiger partial charge in [0.25, 0.3) is 0 Å². The molecule has 2 N–H and O–H groups in total. The number of rotatable bonds is 2. The van der Waals surface area contributed by atoms with Gasteiger partial charge in [0.15, 0.2) is 0 Å². The number of hydrogen-bond donors (Lipinski definition) is 2. The van der Waals surface area contributed by atoms with Gasteiger partial charge in [-0.05, 0) is 18.2 Å². The van der Waals surface area contributed by atoms with Crippen LogP contribution >= 0.6 is 0 Å². The second kappa shape index (κ2) is 3.83. The van der Waals surface area contributed by atoms with Crippen LogP contribution in [0.5, 0.6) is 11.5 Å². The molecule has 0 aliphatic heterocycles. The minimum Gasteiger partial charge on any atom is -0.508 e. The summed E-state index contributed by atoms with van der Waals surface area (Å²) in [6.45, 7) is 3.45. The molecule has 1 aromatic rings. The summed E-state index contributed by atoms with van der Waals surface area (Å²) in [5.74, 6) is -0.827. The molecule has 0 spiro atoms. The van der Waals surface area contributed by atoms with Crippen LogP contribution in [-0.2, 0) is 9.53 Å². The van der Waals surface area contributed by atoms with Gasteiger partial charge in [0.1, 0.15) is 11.5 Å². The van der Waals surface area contributed by atoms with Crippen molar-refractivity contribution in [2.75, 3.05) is 7.11 Å². The van der Waals surface area contributed by atoms with Gasteiger partial charge in [0, 0.05) is 5.56 Å². The van der Waals surface area contributed by atoms with Crippen LogP contribution in [0.25, 0.3) is 5.57 Å². The van der Waals surface area contributed by atoms with Crippen molar-refractivity contribution < 1.29 is 19.7 Å². The summed E-state index contributed by atoms with van der Waals surface area (Å²) in [5.41, 5.74) is 0.165. The molecule has 0 heterocycles. The minimum atomic E-state index is -0.647. The summed E-state index contributed by atoms with van der Waals surface area (Å²) in [6.07, 6.45) is 0. The summed E-state index contributed by atoms with van der Waals surface area (Å²) in [5, 5.41) is 18.5. The Kier molecular flexibility index (Phi) is 2.76. The molecule has 4 heteroatoms. The van der Waals surface area contributed by atoms with Crippen molar-refractivity contribution >= 4 is 11.5 Å². The smallest absolute Gasteiger partial charge is 0.337 e. The maximum atomic E-state index is 11.1. The fourth-order valence-corrected chi connectivity index (χ4v) is 0.999. The Hall–Kier alpha value is -1.97. The number of carbonyl (C=O) groups is 1. The van der Waals surface area contributed by atoms with Crippen LogP contribution in [0.3, 0.4) is 0 Å². The van der Waals surface area contributed by atoms with Crippen LogP contribution in [0.1, 0.15) is 5.56 Å². The van der Waals surface area contributed by atoms with Crippen molar-refractivity contribution in [2.45, 2.75) is 0 Å². The maximum absolute atomic E-state index is 11.1. The van der Waals surface area contributed by atoms with Crippen molar-refractivity contribution in [2.24, 2.45) is 0 Å². The quantitative estimate of drug-likeness (QED) is 0.423. The van der Waals surface area contributed by atoms with E-state index in [-0.39, 0.29) is 22.6 Å². The van der Waals surface area contributed by atoms with E-state index < -0.39 is 5.97 Å². The van der Waals surface area contributed by atoms with Crippen LogP contribution in [0.15, 0.2) is 24.8 Å². The zero-order valence-electron chi connectivity index (χ0n) is 7.65. The van der Waals surface area contributed by atoms with Crippen molar-refractivity contribution in [3.63, 3.8) is 0 Å². The van der Waals surface area contributed by atoms with Crippen LogP contribution in [-0.4, -0.2) is 23.3 Å². The van der Waals surface area contributed by atoms with E-state index in [0.717, 1.165) is 0 Å². The third kappa shape index (κ3) is 1.85. The number of carbonyl (C=O) groups excluding carboxylic acids is 1. The molecule has 0 aliphatic carbocycles. The number of phenols is 2. The number of aromatic hydroxyl groups is 2. The molecule has 0 saturated carbocycles. The molecule has 0 atom stereocenters. The number of benzene rings is 1. The molecule has 14 heavy (non-hydrogen) atoms. The lowest BCUT2D eigenvalue weighted by molar-refractivity contribution is -0.133. The van der Waals surface area contributed by atoms with Crippen molar-refractivity contribution in [3.05, 3.63) is 30.3 Å². The van der Waals surface area contributed by atoms with Crippen molar-refractivity contribution in [1.82, 2.24) is 0 Å². The number of phenolic OH excluding ortho intramolecular Hbond substituents is 2. The Morgan fingerprint density at radius 1 is 1.43 bits per heavy atom. The molecule has 0 amide bonds. The number of hydrogen-bond acceptors (Lipinski definition) is 4. The van der Waals surface area contributed by atoms with Crippen LogP contribution in [0.2, 0.25) is 0 Å². The van der Waals surface area contributed by atoms with Gasteiger partial charge >= 0.3 is 5.97 Å². The third-order valence-corrected chi connectivity index (χ3v) is 1.74. The Labute approximate surface area is 81.1 Å². The van der Waals surface area contributed by atoms with Gasteiger partial charge in [-0.3, -0.25) is 0 Å². The summed E-state index contributed by atoms with van der Waals surface area (Å²) in [7, 11) is 1.22. The van der Waals surface area contributed by atoms with E-state index in [4.69, 9.17) is 5.11 Å². The first-order valence-corrected chi connectivity index (χ1v) is 3.86. The third-order valence-electron chi connectivity index (χ3n) is 1.74. The lowest BCUT2D eigenvalue weighted by Crippen LogP contribution is -2.02. The van der Waals surface area contributed by atoms with E-state index in [1.54, 1.807) is 0 Å². The van der Waals surface area contributed by atoms with Gasteiger partial charge in [-0.15, -0.1) is 0 Å². The molecule has 74 valence electrons. The number of methoxy groups -OCH3 is 1. The molecule has 0 bridgehead atoms. The molecule has 0 aromatic heterocycles.